The van der Waals surface area contributed by atoms with Gasteiger partial charge in [-0.05, 0) is 35.2 Å². The molecule has 5 heteroatoms. The Labute approximate surface area is 141 Å². The molecular weight excluding hydrogens is 306 g/mol. The van der Waals surface area contributed by atoms with Gasteiger partial charge in [0.1, 0.15) is 11.8 Å². The Morgan fingerprint density at radius 1 is 1.12 bits per heavy atom. The Morgan fingerprint density at radius 3 is 2.50 bits per heavy atom. The number of carbonyl (C=O) groups is 2. The maximum Gasteiger partial charge on any atom is 0.326 e. The van der Waals surface area contributed by atoms with Crippen LogP contribution in [0.4, 0.5) is 0 Å². The summed E-state index contributed by atoms with van der Waals surface area (Å²) in [7, 11) is 0. The summed E-state index contributed by atoms with van der Waals surface area (Å²) in [6.07, 6.45) is 0.771. The standard InChI is InChI=1S/C19H23NO4/c1-13(2)18(19(22)23)20-17(21)8-5-11-24-16-10-9-14-6-3-4-7-15(14)12-16/h3-4,6-7,9-10,12-13,18H,5,8,11H2,1-2H3,(H,20,21)(H,22,23). The molecule has 0 heterocycles. The summed E-state index contributed by atoms with van der Waals surface area (Å²) in [5.41, 5.74) is 0. The van der Waals surface area contributed by atoms with Crippen LogP contribution < -0.4 is 10.1 Å². The SMILES string of the molecule is CC(C)C(NC(=O)CCCOc1ccc2ccccc2c1)C(=O)O. The molecular formula is C19H23NO4. The first-order valence-electron chi connectivity index (χ1n) is 8.11. The molecule has 0 fully saturated rings. The zero-order chi connectivity index (χ0) is 17.5. The normalized spacial score (nSPS) is 12.1. The summed E-state index contributed by atoms with van der Waals surface area (Å²) in [5, 5.41) is 13.9. The van der Waals surface area contributed by atoms with Gasteiger partial charge in [0.25, 0.3) is 0 Å². The molecule has 2 aromatic carbocycles. The predicted molar refractivity (Wildman–Crippen MR) is 93.1 cm³/mol. The van der Waals surface area contributed by atoms with Crippen molar-refractivity contribution in [3.63, 3.8) is 0 Å². The van der Waals surface area contributed by atoms with Crippen LogP contribution in [0, 0.1) is 5.92 Å². The molecule has 0 aromatic heterocycles. The summed E-state index contributed by atoms with van der Waals surface area (Å²) in [5.74, 6) is -0.663. The highest BCUT2D eigenvalue weighted by molar-refractivity contribution is 5.84. The van der Waals surface area contributed by atoms with Gasteiger partial charge in [-0.2, -0.15) is 0 Å². The van der Waals surface area contributed by atoms with Crippen molar-refractivity contribution in [2.24, 2.45) is 5.92 Å². The van der Waals surface area contributed by atoms with Gasteiger partial charge in [0.15, 0.2) is 0 Å². The number of aliphatic carboxylic acids is 1. The van der Waals surface area contributed by atoms with Crippen molar-refractivity contribution < 1.29 is 19.4 Å². The van der Waals surface area contributed by atoms with E-state index < -0.39 is 12.0 Å². The number of benzene rings is 2. The average Bonchev–Trinajstić information content (AvgIpc) is 2.56. The lowest BCUT2D eigenvalue weighted by atomic mass is 10.0. The third-order valence-corrected chi connectivity index (χ3v) is 3.79. The lowest BCUT2D eigenvalue weighted by molar-refractivity contribution is -0.143. The molecule has 0 spiro atoms. The van der Waals surface area contributed by atoms with E-state index in [1.807, 2.05) is 42.5 Å². The molecule has 1 unspecified atom stereocenters. The molecule has 0 radical (unpaired) electrons. The number of amides is 1. The molecule has 0 aliphatic carbocycles. The molecule has 128 valence electrons. The summed E-state index contributed by atoms with van der Waals surface area (Å²) in [6.45, 7) is 3.94. The Morgan fingerprint density at radius 2 is 1.83 bits per heavy atom. The van der Waals surface area contributed by atoms with Crippen LogP contribution in [0.3, 0.4) is 0 Å². The number of carbonyl (C=O) groups excluding carboxylic acids is 1. The van der Waals surface area contributed by atoms with Crippen molar-refractivity contribution in [3.05, 3.63) is 42.5 Å². The fraction of sp³-hybridized carbons (Fsp3) is 0.368. The summed E-state index contributed by atoms with van der Waals surface area (Å²) in [6, 6.07) is 13.0. The molecule has 2 rings (SSSR count). The summed E-state index contributed by atoms with van der Waals surface area (Å²) >= 11 is 0. The van der Waals surface area contributed by atoms with E-state index in [1.54, 1.807) is 13.8 Å². The lowest BCUT2D eigenvalue weighted by Gasteiger charge is -2.17. The highest BCUT2D eigenvalue weighted by Gasteiger charge is 2.22. The van der Waals surface area contributed by atoms with E-state index in [4.69, 9.17) is 9.84 Å². The van der Waals surface area contributed by atoms with Crippen molar-refractivity contribution in [3.8, 4) is 5.75 Å². The fourth-order valence-electron chi connectivity index (χ4n) is 2.44. The number of carboxylic acid groups (broad SMARTS) is 1. The minimum atomic E-state index is -1.01. The Hall–Kier alpha value is -2.56. The number of carboxylic acids is 1. The molecule has 1 atom stereocenters. The molecule has 0 bridgehead atoms. The van der Waals surface area contributed by atoms with Crippen LogP contribution in [0.1, 0.15) is 26.7 Å². The third-order valence-electron chi connectivity index (χ3n) is 3.79. The second kappa shape index (κ2) is 8.34. The van der Waals surface area contributed by atoms with Gasteiger partial charge < -0.3 is 15.2 Å². The molecule has 0 saturated heterocycles. The summed E-state index contributed by atoms with van der Waals surface area (Å²) < 4.78 is 5.67. The van der Waals surface area contributed by atoms with Crippen molar-refractivity contribution in [1.29, 1.82) is 0 Å². The van der Waals surface area contributed by atoms with Crippen molar-refractivity contribution in [1.82, 2.24) is 5.32 Å². The second-order valence-electron chi connectivity index (χ2n) is 6.09. The smallest absolute Gasteiger partial charge is 0.326 e. The van der Waals surface area contributed by atoms with Crippen LogP contribution >= 0.6 is 0 Å². The van der Waals surface area contributed by atoms with Gasteiger partial charge in [0.05, 0.1) is 6.61 Å². The Bertz CT molecular complexity index is 711. The first-order chi connectivity index (χ1) is 11.5. The monoisotopic (exact) mass is 329 g/mol. The van der Waals surface area contributed by atoms with Crippen molar-refractivity contribution in [2.45, 2.75) is 32.7 Å². The van der Waals surface area contributed by atoms with Gasteiger partial charge in [-0.3, -0.25) is 4.79 Å². The topological polar surface area (TPSA) is 75.6 Å². The van der Waals surface area contributed by atoms with E-state index in [0.717, 1.165) is 16.5 Å². The van der Waals surface area contributed by atoms with Gasteiger partial charge in [-0.1, -0.05) is 44.2 Å². The van der Waals surface area contributed by atoms with Crippen molar-refractivity contribution >= 4 is 22.6 Å². The minimum Gasteiger partial charge on any atom is -0.494 e. The molecule has 24 heavy (non-hydrogen) atoms. The van der Waals surface area contributed by atoms with Crippen LogP contribution in [-0.4, -0.2) is 29.6 Å². The number of fused-ring (bicyclic) bond motifs is 1. The first-order valence-corrected chi connectivity index (χ1v) is 8.11. The third kappa shape index (κ3) is 4.98. The molecule has 1 amide bonds. The number of hydrogen-bond acceptors (Lipinski definition) is 3. The van der Waals surface area contributed by atoms with E-state index in [2.05, 4.69) is 5.32 Å². The van der Waals surface area contributed by atoms with Gasteiger partial charge in [-0.15, -0.1) is 0 Å². The first kappa shape index (κ1) is 17.8. The van der Waals surface area contributed by atoms with Gasteiger partial charge in [0, 0.05) is 6.42 Å². The maximum absolute atomic E-state index is 11.8. The highest BCUT2D eigenvalue weighted by Crippen LogP contribution is 2.20. The van der Waals surface area contributed by atoms with Gasteiger partial charge in [-0.25, -0.2) is 4.79 Å². The average molecular weight is 329 g/mol. The summed E-state index contributed by atoms with van der Waals surface area (Å²) in [4.78, 5) is 22.9. The molecule has 2 aromatic rings. The largest absolute Gasteiger partial charge is 0.494 e. The quantitative estimate of drug-likeness (QED) is 0.729. The number of hydrogen-bond donors (Lipinski definition) is 2. The van der Waals surface area contributed by atoms with E-state index in [1.165, 1.54) is 0 Å². The van der Waals surface area contributed by atoms with Gasteiger partial charge >= 0.3 is 5.97 Å². The van der Waals surface area contributed by atoms with Crippen LogP contribution in [0.2, 0.25) is 0 Å². The Balaban J connectivity index is 1.77. The Kier molecular flexibility index (Phi) is 6.18. The minimum absolute atomic E-state index is 0.153. The predicted octanol–water partition coefficient (Wildman–Crippen LogP) is 3.22. The molecule has 0 saturated carbocycles. The lowest BCUT2D eigenvalue weighted by Crippen LogP contribution is -2.44. The number of nitrogens with one attached hydrogen (secondary N) is 1. The van der Waals surface area contributed by atoms with Crippen LogP contribution in [-0.2, 0) is 9.59 Å². The number of rotatable bonds is 8. The molecule has 2 N–H and O–H groups in total. The molecule has 0 aliphatic heterocycles. The van der Waals surface area contributed by atoms with Crippen LogP contribution in [0.15, 0.2) is 42.5 Å². The highest BCUT2D eigenvalue weighted by atomic mass is 16.5. The zero-order valence-electron chi connectivity index (χ0n) is 14.0. The zero-order valence-corrected chi connectivity index (χ0v) is 14.0. The van der Waals surface area contributed by atoms with E-state index in [0.29, 0.717) is 13.0 Å². The van der Waals surface area contributed by atoms with E-state index >= 15 is 0 Å². The fourth-order valence-corrected chi connectivity index (χ4v) is 2.44. The van der Waals surface area contributed by atoms with Crippen LogP contribution in [0.5, 0.6) is 5.75 Å². The molecule has 0 aliphatic rings. The van der Waals surface area contributed by atoms with Crippen LogP contribution in [0.25, 0.3) is 10.8 Å². The second-order valence-corrected chi connectivity index (χ2v) is 6.09. The van der Waals surface area contributed by atoms with E-state index in [9.17, 15) is 9.59 Å². The van der Waals surface area contributed by atoms with Gasteiger partial charge in [0.2, 0.25) is 5.91 Å². The van der Waals surface area contributed by atoms with Crippen molar-refractivity contribution in [2.75, 3.05) is 6.61 Å². The number of ether oxygens (including phenoxy) is 1. The molecule has 5 nitrogen and oxygen atoms in total. The maximum atomic E-state index is 11.8. The van der Waals surface area contributed by atoms with E-state index in [-0.39, 0.29) is 18.2 Å².